The third-order valence-electron chi connectivity index (χ3n) is 4.50. The first-order chi connectivity index (χ1) is 13.3. The summed E-state index contributed by atoms with van der Waals surface area (Å²) in [5, 5.41) is 21.2. The number of hydrogen-bond acceptors (Lipinski definition) is 5. The number of halogens is 2. The van der Waals surface area contributed by atoms with Crippen molar-refractivity contribution in [2.24, 2.45) is 5.92 Å². The summed E-state index contributed by atoms with van der Waals surface area (Å²) in [6.07, 6.45) is 0.477. The Morgan fingerprint density at radius 2 is 1.86 bits per heavy atom. The molecule has 0 unspecified atom stereocenters. The first-order valence-electron chi connectivity index (χ1n) is 9.40. The summed E-state index contributed by atoms with van der Waals surface area (Å²) < 4.78 is 30.5. The van der Waals surface area contributed by atoms with Gasteiger partial charge in [-0.3, -0.25) is 0 Å². The third-order valence-corrected chi connectivity index (χ3v) is 4.50. The molecule has 0 spiro atoms. The van der Waals surface area contributed by atoms with Gasteiger partial charge in [0.2, 0.25) is 0 Å². The molecule has 1 heterocycles. The highest BCUT2D eigenvalue weighted by Gasteiger charge is 2.23. The van der Waals surface area contributed by atoms with Crippen LogP contribution in [0.25, 0.3) is 0 Å². The quantitative estimate of drug-likeness (QED) is 0.489. The van der Waals surface area contributed by atoms with Crippen molar-refractivity contribution in [2.45, 2.75) is 46.1 Å². The maximum Gasteiger partial charge on any atom is 0.394 e. The number of anilines is 2. The normalized spacial score (nSPS) is 11.5. The molecule has 0 saturated carbocycles. The molecule has 152 valence electrons. The number of rotatable bonds is 10. The van der Waals surface area contributed by atoms with E-state index in [1.807, 2.05) is 19.9 Å². The number of aliphatic hydroxyl groups is 1. The topological polar surface area (TPSA) is 78.2 Å². The average molecular weight is 391 g/mol. The molecule has 0 atom stereocenters. The lowest BCUT2D eigenvalue weighted by Crippen LogP contribution is -2.19. The Balaban J connectivity index is 2.34. The van der Waals surface area contributed by atoms with Crippen LogP contribution in [-0.4, -0.2) is 28.5 Å². The molecule has 0 saturated heterocycles. The van der Waals surface area contributed by atoms with Crippen LogP contribution < -0.4 is 10.1 Å². The fourth-order valence-corrected chi connectivity index (χ4v) is 3.08. The van der Waals surface area contributed by atoms with E-state index < -0.39 is 6.11 Å². The van der Waals surface area contributed by atoms with Gasteiger partial charge in [-0.25, -0.2) is 4.98 Å². The zero-order valence-electron chi connectivity index (χ0n) is 16.4. The first kappa shape index (κ1) is 21.8. The number of ether oxygens (including phenoxy) is 1. The molecule has 1 aromatic carbocycles. The van der Waals surface area contributed by atoms with Crippen LogP contribution in [0.5, 0.6) is 5.75 Å². The Morgan fingerprint density at radius 3 is 2.39 bits per heavy atom. The number of benzene rings is 1. The molecule has 7 heteroatoms. The molecule has 0 amide bonds. The number of pyridine rings is 1. The molecule has 0 fully saturated rings. The van der Waals surface area contributed by atoms with E-state index in [1.165, 1.54) is 12.1 Å². The Hall–Kier alpha value is -2.54. The van der Waals surface area contributed by atoms with Crippen molar-refractivity contribution >= 4 is 17.2 Å². The Labute approximate surface area is 164 Å². The molecule has 2 aromatic rings. The molecule has 1 aromatic heterocycles. The molecule has 0 aliphatic heterocycles. The lowest BCUT2D eigenvalue weighted by molar-refractivity contribution is -0.158. The van der Waals surface area contributed by atoms with E-state index >= 15 is 0 Å². The van der Waals surface area contributed by atoms with E-state index in [1.54, 1.807) is 18.3 Å². The van der Waals surface area contributed by atoms with Gasteiger partial charge in [0, 0.05) is 42.6 Å². The van der Waals surface area contributed by atoms with E-state index in [2.05, 4.69) is 15.0 Å². The second-order valence-corrected chi connectivity index (χ2v) is 6.65. The zero-order chi connectivity index (χ0) is 20.7. The zero-order valence-corrected chi connectivity index (χ0v) is 16.4. The molecule has 3 N–H and O–H groups in total. The monoisotopic (exact) mass is 391 g/mol. The number of alkyl halides is 2. The number of nitrogens with one attached hydrogen (secondary N) is 2. The second kappa shape index (κ2) is 9.59. The molecule has 0 radical (unpaired) electrons. The maximum absolute atomic E-state index is 13.0. The standard InChI is InChI=1S/C21H27F2N3O2/c1-4-14(5-2)19(24)18-15(11-13-27)10-12-25-20(18)26-16-6-8-17(9-7-16)28-21(3,22)23/h6-10,12,14,24,27H,4-5,11,13H2,1-3H3,(H,25,26). The van der Waals surface area contributed by atoms with Gasteiger partial charge in [-0.15, -0.1) is 0 Å². The first-order valence-corrected chi connectivity index (χ1v) is 9.40. The maximum atomic E-state index is 13.0. The van der Waals surface area contributed by atoms with Crippen molar-refractivity contribution in [3.05, 3.63) is 47.7 Å². The largest absolute Gasteiger partial charge is 0.433 e. The van der Waals surface area contributed by atoms with Gasteiger partial charge in [-0.05, 0) is 55.2 Å². The SMILES string of the molecule is CCC(CC)C(=N)c1c(CCO)ccnc1Nc1ccc(OC(C)(F)F)cc1. The van der Waals surface area contributed by atoms with Crippen LogP contribution in [0.15, 0.2) is 36.5 Å². The van der Waals surface area contributed by atoms with E-state index in [4.69, 9.17) is 5.41 Å². The molecule has 0 aliphatic carbocycles. The highest BCUT2D eigenvalue weighted by Crippen LogP contribution is 2.28. The number of nitrogens with zero attached hydrogens (tertiary/aromatic N) is 1. The van der Waals surface area contributed by atoms with Crippen LogP contribution in [-0.2, 0) is 6.42 Å². The highest BCUT2D eigenvalue weighted by atomic mass is 19.3. The molecule has 5 nitrogen and oxygen atoms in total. The van der Waals surface area contributed by atoms with Crippen LogP contribution in [0.4, 0.5) is 20.3 Å². The fourth-order valence-electron chi connectivity index (χ4n) is 3.08. The molecule has 2 rings (SSSR count). The molecule has 0 aliphatic rings. The summed E-state index contributed by atoms with van der Waals surface area (Å²) in [5.74, 6) is 0.659. The van der Waals surface area contributed by atoms with E-state index in [-0.39, 0.29) is 18.3 Å². The Bertz CT molecular complexity index is 785. The Kier molecular flexibility index (Phi) is 7.45. The number of aromatic nitrogens is 1. The minimum atomic E-state index is -3.24. The predicted octanol–water partition coefficient (Wildman–Crippen LogP) is 5.16. The van der Waals surface area contributed by atoms with Crippen LogP contribution in [0.1, 0.15) is 44.7 Å². The third kappa shape index (κ3) is 5.73. The number of aliphatic hydroxyl groups excluding tert-OH is 1. The van der Waals surface area contributed by atoms with Gasteiger partial charge >= 0.3 is 6.11 Å². The molecular formula is C21H27F2N3O2. The summed E-state index contributed by atoms with van der Waals surface area (Å²) in [6, 6.07) is 7.94. The van der Waals surface area contributed by atoms with Gasteiger partial charge in [0.25, 0.3) is 0 Å². The lowest BCUT2D eigenvalue weighted by atomic mass is 9.89. The molecule has 0 bridgehead atoms. The van der Waals surface area contributed by atoms with Gasteiger partial charge in [0.15, 0.2) is 0 Å². The summed E-state index contributed by atoms with van der Waals surface area (Å²) >= 11 is 0. The van der Waals surface area contributed by atoms with Gasteiger partial charge in [0.1, 0.15) is 11.6 Å². The van der Waals surface area contributed by atoms with Gasteiger partial charge in [0.05, 0.1) is 0 Å². The summed E-state index contributed by atoms with van der Waals surface area (Å²) in [6.45, 7) is 4.75. The summed E-state index contributed by atoms with van der Waals surface area (Å²) in [7, 11) is 0. The average Bonchev–Trinajstić information content (AvgIpc) is 2.63. The van der Waals surface area contributed by atoms with Gasteiger partial charge < -0.3 is 20.6 Å². The second-order valence-electron chi connectivity index (χ2n) is 6.65. The van der Waals surface area contributed by atoms with Crippen molar-refractivity contribution in [3.63, 3.8) is 0 Å². The minimum Gasteiger partial charge on any atom is -0.433 e. The van der Waals surface area contributed by atoms with Crippen LogP contribution in [0.3, 0.4) is 0 Å². The Morgan fingerprint density at radius 1 is 1.21 bits per heavy atom. The molecular weight excluding hydrogens is 364 g/mol. The van der Waals surface area contributed by atoms with Crippen molar-refractivity contribution in [3.8, 4) is 5.75 Å². The van der Waals surface area contributed by atoms with Gasteiger partial charge in [-0.2, -0.15) is 8.78 Å². The van der Waals surface area contributed by atoms with Crippen molar-refractivity contribution in [2.75, 3.05) is 11.9 Å². The summed E-state index contributed by atoms with van der Waals surface area (Å²) in [4.78, 5) is 4.39. The van der Waals surface area contributed by atoms with Crippen LogP contribution >= 0.6 is 0 Å². The lowest BCUT2D eigenvalue weighted by Gasteiger charge is -2.20. The van der Waals surface area contributed by atoms with Crippen molar-refractivity contribution in [1.82, 2.24) is 4.98 Å². The van der Waals surface area contributed by atoms with Crippen molar-refractivity contribution in [1.29, 1.82) is 5.41 Å². The van der Waals surface area contributed by atoms with E-state index in [9.17, 15) is 13.9 Å². The number of hydrogen-bond donors (Lipinski definition) is 3. The predicted molar refractivity (Wildman–Crippen MR) is 107 cm³/mol. The highest BCUT2D eigenvalue weighted by molar-refractivity contribution is 6.05. The fraction of sp³-hybridized carbons (Fsp3) is 0.429. The van der Waals surface area contributed by atoms with E-state index in [0.717, 1.165) is 18.4 Å². The van der Waals surface area contributed by atoms with Gasteiger partial charge in [-0.1, -0.05) is 13.8 Å². The smallest absolute Gasteiger partial charge is 0.394 e. The van der Waals surface area contributed by atoms with Crippen LogP contribution in [0.2, 0.25) is 0 Å². The molecule has 28 heavy (non-hydrogen) atoms. The van der Waals surface area contributed by atoms with Crippen molar-refractivity contribution < 1.29 is 18.6 Å². The summed E-state index contributed by atoms with van der Waals surface area (Å²) in [5.41, 5.74) is 2.65. The minimum absolute atomic E-state index is 0.0239. The van der Waals surface area contributed by atoms with Crippen LogP contribution in [0, 0.1) is 11.3 Å². The van der Waals surface area contributed by atoms with E-state index in [0.29, 0.717) is 36.1 Å².